The van der Waals surface area contributed by atoms with Gasteiger partial charge in [-0.05, 0) is 61.1 Å². The molecular formula is C42H38N4. The van der Waals surface area contributed by atoms with E-state index >= 15 is 0 Å². The van der Waals surface area contributed by atoms with Gasteiger partial charge >= 0.3 is 0 Å². The molecule has 226 valence electrons. The van der Waals surface area contributed by atoms with Crippen LogP contribution in [0.2, 0.25) is 0 Å². The van der Waals surface area contributed by atoms with E-state index in [2.05, 4.69) is 86.6 Å². The van der Waals surface area contributed by atoms with Gasteiger partial charge in [0.2, 0.25) is 0 Å². The standard InChI is InChI=1S/C42H38N4/c1-3-5-11-29-17-21-31(22-18-29)39-41(45-37-15-9-7-13-35(37)43-39)33-25-27-34(28-26-33)42-40(44-36-14-8-10-16-38(36)46-42)32-23-19-30(20-24-32)12-6-4-2/h7-10,13-28H,3-6,11-12H2,1-2H3. The fraction of sp³-hybridized carbons (Fsp3) is 0.190. The van der Waals surface area contributed by atoms with Crippen molar-refractivity contribution in [1.82, 2.24) is 19.9 Å². The minimum Gasteiger partial charge on any atom is -0.244 e. The van der Waals surface area contributed by atoms with Gasteiger partial charge in [0.25, 0.3) is 0 Å². The number of hydrogen-bond acceptors (Lipinski definition) is 4. The lowest BCUT2D eigenvalue weighted by Crippen LogP contribution is -1.97. The van der Waals surface area contributed by atoms with E-state index in [9.17, 15) is 0 Å². The van der Waals surface area contributed by atoms with Crippen molar-refractivity contribution in [3.63, 3.8) is 0 Å². The Hall–Kier alpha value is -5.22. The van der Waals surface area contributed by atoms with Gasteiger partial charge in [-0.2, -0.15) is 0 Å². The van der Waals surface area contributed by atoms with Crippen LogP contribution < -0.4 is 0 Å². The second-order valence-electron chi connectivity index (χ2n) is 12.0. The van der Waals surface area contributed by atoms with Gasteiger partial charge in [0.1, 0.15) is 0 Å². The van der Waals surface area contributed by atoms with Gasteiger partial charge in [-0.15, -0.1) is 0 Å². The van der Waals surface area contributed by atoms with Gasteiger partial charge in [-0.1, -0.05) is 124 Å². The molecule has 0 unspecified atom stereocenters. The van der Waals surface area contributed by atoms with Crippen LogP contribution in [0.3, 0.4) is 0 Å². The fourth-order valence-corrected chi connectivity index (χ4v) is 6.01. The molecule has 0 N–H and O–H groups in total. The number of benzene rings is 5. The van der Waals surface area contributed by atoms with Crippen molar-refractivity contribution in [2.45, 2.75) is 52.4 Å². The Morgan fingerprint density at radius 1 is 0.348 bits per heavy atom. The van der Waals surface area contributed by atoms with Gasteiger partial charge in [-0.25, -0.2) is 19.9 Å². The summed E-state index contributed by atoms with van der Waals surface area (Å²) in [4.78, 5) is 20.5. The minimum atomic E-state index is 0.874. The summed E-state index contributed by atoms with van der Waals surface area (Å²) < 4.78 is 0. The molecular weight excluding hydrogens is 560 g/mol. The molecule has 4 heteroatoms. The molecule has 7 aromatic rings. The summed E-state index contributed by atoms with van der Waals surface area (Å²) in [5, 5.41) is 0. The molecule has 5 aromatic carbocycles. The summed E-state index contributed by atoms with van der Waals surface area (Å²) in [7, 11) is 0. The molecule has 0 radical (unpaired) electrons. The molecule has 46 heavy (non-hydrogen) atoms. The number of unbranched alkanes of at least 4 members (excludes halogenated alkanes) is 2. The van der Waals surface area contributed by atoms with Crippen LogP contribution in [0.25, 0.3) is 67.1 Å². The largest absolute Gasteiger partial charge is 0.244 e. The Kier molecular flexibility index (Phi) is 8.60. The van der Waals surface area contributed by atoms with Gasteiger partial charge < -0.3 is 0 Å². The van der Waals surface area contributed by atoms with Crippen molar-refractivity contribution in [2.24, 2.45) is 0 Å². The normalized spacial score (nSPS) is 11.3. The number of fused-ring (bicyclic) bond motifs is 2. The van der Waals surface area contributed by atoms with Crippen LogP contribution in [0.1, 0.15) is 50.7 Å². The number of aryl methyl sites for hydroxylation is 2. The van der Waals surface area contributed by atoms with Gasteiger partial charge in [0, 0.05) is 22.3 Å². The Balaban J connectivity index is 1.30. The first-order valence-electron chi connectivity index (χ1n) is 16.5. The maximum Gasteiger partial charge on any atom is 0.0973 e. The third kappa shape index (κ3) is 6.16. The second-order valence-corrected chi connectivity index (χ2v) is 12.0. The summed E-state index contributed by atoms with van der Waals surface area (Å²) in [6.07, 6.45) is 6.96. The predicted octanol–water partition coefficient (Wildman–Crippen LogP) is 10.9. The molecule has 0 fully saturated rings. The molecule has 0 aliphatic carbocycles. The topological polar surface area (TPSA) is 51.6 Å². The molecule has 2 heterocycles. The van der Waals surface area contributed by atoms with Crippen molar-refractivity contribution in [1.29, 1.82) is 0 Å². The highest BCUT2D eigenvalue weighted by Crippen LogP contribution is 2.35. The molecule has 0 spiro atoms. The summed E-state index contributed by atoms with van der Waals surface area (Å²) in [6, 6.07) is 42.4. The average Bonchev–Trinajstić information content (AvgIpc) is 3.12. The second kappa shape index (κ2) is 13.4. The van der Waals surface area contributed by atoms with E-state index in [1.165, 1.54) is 36.8 Å². The molecule has 0 bridgehead atoms. The number of nitrogens with zero attached hydrogens (tertiary/aromatic N) is 4. The lowest BCUT2D eigenvalue weighted by Gasteiger charge is -2.13. The Labute approximate surface area is 271 Å². The van der Waals surface area contributed by atoms with Crippen molar-refractivity contribution >= 4 is 22.1 Å². The van der Waals surface area contributed by atoms with Crippen molar-refractivity contribution in [2.75, 3.05) is 0 Å². The van der Waals surface area contributed by atoms with Crippen LogP contribution in [-0.4, -0.2) is 19.9 Å². The van der Waals surface area contributed by atoms with E-state index in [0.717, 1.165) is 79.9 Å². The van der Waals surface area contributed by atoms with Crippen LogP contribution in [0.5, 0.6) is 0 Å². The zero-order valence-corrected chi connectivity index (χ0v) is 26.6. The Bertz CT molecular complexity index is 1940. The highest BCUT2D eigenvalue weighted by atomic mass is 14.8. The Morgan fingerprint density at radius 2 is 0.609 bits per heavy atom. The number of aromatic nitrogens is 4. The van der Waals surface area contributed by atoms with Gasteiger partial charge in [-0.3, -0.25) is 0 Å². The molecule has 0 saturated carbocycles. The molecule has 7 rings (SSSR count). The Morgan fingerprint density at radius 3 is 0.870 bits per heavy atom. The predicted molar refractivity (Wildman–Crippen MR) is 192 cm³/mol. The van der Waals surface area contributed by atoms with Crippen LogP contribution in [-0.2, 0) is 12.8 Å². The quantitative estimate of drug-likeness (QED) is 0.157. The van der Waals surface area contributed by atoms with Crippen LogP contribution in [0, 0.1) is 0 Å². The molecule has 0 aliphatic heterocycles. The average molecular weight is 599 g/mol. The van der Waals surface area contributed by atoms with E-state index in [4.69, 9.17) is 19.9 Å². The van der Waals surface area contributed by atoms with Gasteiger partial charge in [0.15, 0.2) is 0 Å². The van der Waals surface area contributed by atoms with E-state index < -0.39 is 0 Å². The monoisotopic (exact) mass is 598 g/mol. The maximum atomic E-state index is 5.14. The maximum absolute atomic E-state index is 5.14. The highest BCUT2D eigenvalue weighted by Gasteiger charge is 2.17. The van der Waals surface area contributed by atoms with E-state index in [-0.39, 0.29) is 0 Å². The van der Waals surface area contributed by atoms with E-state index in [1.54, 1.807) is 0 Å². The zero-order valence-electron chi connectivity index (χ0n) is 26.6. The van der Waals surface area contributed by atoms with Crippen LogP contribution >= 0.6 is 0 Å². The molecule has 0 saturated heterocycles. The summed E-state index contributed by atoms with van der Waals surface area (Å²) in [5.74, 6) is 0. The number of hydrogen-bond donors (Lipinski definition) is 0. The lowest BCUT2D eigenvalue weighted by molar-refractivity contribution is 0.795. The zero-order chi connectivity index (χ0) is 31.3. The highest BCUT2D eigenvalue weighted by molar-refractivity contribution is 5.89. The summed E-state index contributed by atoms with van der Waals surface area (Å²) in [6.45, 7) is 4.46. The minimum absolute atomic E-state index is 0.874. The SMILES string of the molecule is CCCCc1ccc(-c2nc3ccccc3nc2-c2ccc(-c3nc4ccccc4nc3-c3ccc(CCCC)cc3)cc2)cc1. The smallest absolute Gasteiger partial charge is 0.0973 e. The summed E-state index contributed by atoms with van der Waals surface area (Å²) >= 11 is 0. The molecule has 0 aliphatic rings. The molecule has 0 atom stereocenters. The first-order valence-corrected chi connectivity index (χ1v) is 16.5. The van der Waals surface area contributed by atoms with Crippen molar-refractivity contribution < 1.29 is 0 Å². The lowest BCUT2D eigenvalue weighted by atomic mass is 9.98. The fourth-order valence-electron chi connectivity index (χ4n) is 6.01. The summed E-state index contributed by atoms with van der Waals surface area (Å²) in [5.41, 5.74) is 14.0. The number of rotatable bonds is 10. The third-order valence-corrected chi connectivity index (χ3v) is 8.67. The van der Waals surface area contributed by atoms with Crippen molar-refractivity contribution in [3.05, 3.63) is 132 Å². The molecule has 2 aromatic heterocycles. The first-order chi connectivity index (χ1) is 22.7. The third-order valence-electron chi connectivity index (χ3n) is 8.67. The van der Waals surface area contributed by atoms with Crippen molar-refractivity contribution in [3.8, 4) is 45.0 Å². The van der Waals surface area contributed by atoms with E-state index in [0.29, 0.717) is 0 Å². The molecule has 0 amide bonds. The van der Waals surface area contributed by atoms with Gasteiger partial charge in [0.05, 0.1) is 44.8 Å². The number of para-hydroxylation sites is 4. The first kappa shape index (κ1) is 29.5. The van der Waals surface area contributed by atoms with Crippen LogP contribution in [0.15, 0.2) is 121 Å². The van der Waals surface area contributed by atoms with E-state index in [1.807, 2.05) is 48.5 Å². The van der Waals surface area contributed by atoms with Crippen LogP contribution in [0.4, 0.5) is 0 Å². The molecule has 4 nitrogen and oxygen atoms in total.